The van der Waals surface area contributed by atoms with Gasteiger partial charge in [0.05, 0.1) is 17.4 Å². The van der Waals surface area contributed by atoms with Crippen molar-refractivity contribution in [3.8, 4) is 0 Å². The maximum Gasteiger partial charge on any atom is 0.278 e. The van der Waals surface area contributed by atoms with Crippen molar-refractivity contribution in [2.24, 2.45) is 5.92 Å². The van der Waals surface area contributed by atoms with Gasteiger partial charge in [-0.05, 0) is 23.6 Å². The fourth-order valence-electron chi connectivity index (χ4n) is 3.08. The Morgan fingerprint density at radius 2 is 1.72 bits per heavy atom. The van der Waals surface area contributed by atoms with Gasteiger partial charge in [-0.2, -0.15) is 4.68 Å². The maximum absolute atomic E-state index is 13.0. The van der Waals surface area contributed by atoms with Gasteiger partial charge in [0, 0.05) is 6.42 Å². The van der Waals surface area contributed by atoms with E-state index < -0.39 is 29.5 Å². The normalized spacial score (nSPS) is 13.2. The number of carbonyl (C=O) groups is 2. The summed E-state index contributed by atoms with van der Waals surface area (Å²) in [6.45, 7) is 3.32. The lowest BCUT2D eigenvalue weighted by Crippen LogP contribution is -2.53. The zero-order valence-corrected chi connectivity index (χ0v) is 16.1. The highest BCUT2D eigenvalue weighted by molar-refractivity contribution is 5.86. The van der Waals surface area contributed by atoms with Crippen LogP contribution in [0.1, 0.15) is 25.5 Å². The van der Waals surface area contributed by atoms with E-state index in [-0.39, 0.29) is 12.3 Å². The Bertz CT molecular complexity index is 1080. The number of fused-ring (bicyclic) bond motifs is 1. The second-order valence-electron chi connectivity index (χ2n) is 7.11. The molecule has 1 amide bonds. The van der Waals surface area contributed by atoms with Crippen LogP contribution in [-0.2, 0) is 16.0 Å². The van der Waals surface area contributed by atoms with E-state index in [1.54, 1.807) is 38.1 Å². The minimum Gasteiger partial charge on any atom is -0.548 e. The molecule has 1 N–H and O–H groups in total. The minimum absolute atomic E-state index is 0.150. The van der Waals surface area contributed by atoms with Crippen molar-refractivity contribution in [2.75, 3.05) is 0 Å². The summed E-state index contributed by atoms with van der Waals surface area (Å²) in [5.41, 5.74) is 0.743. The molecule has 0 aliphatic rings. The Morgan fingerprint density at radius 3 is 2.38 bits per heavy atom. The van der Waals surface area contributed by atoms with E-state index in [0.717, 1.165) is 10.2 Å². The predicted octanol–water partition coefficient (Wildman–Crippen LogP) is 0.466. The number of nitrogens with zero attached hydrogens (tertiary/aromatic N) is 3. The molecule has 3 rings (SSSR count). The molecule has 150 valence electrons. The quantitative estimate of drug-likeness (QED) is 0.623. The van der Waals surface area contributed by atoms with Crippen LogP contribution in [-0.4, -0.2) is 32.9 Å². The van der Waals surface area contributed by atoms with Gasteiger partial charge in [0.2, 0.25) is 5.91 Å². The lowest BCUT2D eigenvalue weighted by molar-refractivity contribution is -0.309. The van der Waals surface area contributed by atoms with Crippen LogP contribution in [0.5, 0.6) is 0 Å². The topological polar surface area (TPSA) is 117 Å². The lowest BCUT2D eigenvalue weighted by Gasteiger charge is -2.26. The molecule has 0 saturated heterocycles. The number of carboxylic acids is 1. The van der Waals surface area contributed by atoms with Crippen molar-refractivity contribution in [2.45, 2.75) is 32.4 Å². The third-order valence-corrected chi connectivity index (χ3v) is 4.68. The SMILES string of the molecule is CC(C)[C@H](NC(=O)[C@H](Cc1ccccc1)n1nnc2ccccc2c1=O)C(=O)[O-]. The van der Waals surface area contributed by atoms with Gasteiger partial charge in [0.25, 0.3) is 5.56 Å². The van der Waals surface area contributed by atoms with Gasteiger partial charge in [-0.25, -0.2) is 0 Å². The molecular formula is C21H21N4O4-. The van der Waals surface area contributed by atoms with Gasteiger partial charge < -0.3 is 15.2 Å². The molecule has 2 atom stereocenters. The molecule has 1 heterocycles. The first-order chi connectivity index (χ1) is 13.9. The van der Waals surface area contributed by atoms with E-state index in [1.807, 2.05) is 30.3 Å². The number of aliphatic carboxylic acids is 1. The zero-order chi connectivity index (χ0) is 21.0. The van der Waals surface area contributed by atoms with Crippen molar-refractivity contribution < 1.29 is 14.7 Å². The van der Waals surface area contributed by atoms with Gasteiger partial charge in [0.15, 0.2) is 0 Å². The zero-order valence-electron chi connectivity index (χ0n) is 16.1. The molecule has 29 heavy (non-hydrogen) atoms. The standard InChI is InChI=1S/C21H22N4O4/c1-13(2)18(21(28)29)22-19(26)17(12-14-8-4-3-5-9-14)25-20(27)15-10-6-7-11-16(15)23-24-25/h3-11,13,17-18H,12H2,1-2H3,(H,22,26)(H,28,29)/p-1/t17-,18-/m0/s1. The Labute approximate surface area is 167 Å². The highest BCUT2D eigenvalue weighted by atomic mass is 16.4. The number of hydrogen-bond acceptors (Lipinski definition) is 6. The molecule has 0 fully saturated rings. The summed E-state index contributed by atoms with van der Waals surface area (Å²) in [6.07, 6.45) is 0.150. The fourth-order valence-corrected chi connectivity index (χ4v) is 3.08. The largest absolute Gasteiger partial charge is 0.548 e. The number of hydrogen-bond donors (Lipinski definition) is 1. The number of rotatable bonds is 7. The van der Waals surface area contributed by atoms with Crippen molar-refractivity contribution >= 4 is 22.8 Å². The van der Waals surface area contributed by atoms with Crippen molar-refractivity contribution in [1.29, 1.82) is 0 Å². The van der Waals surface area contributed by atoms with Crippen LogP contribution in [0.4, 0.5) is 0 Å². The van der Waals surface area contributed by atoms with Gasteiger partial charge in [-0.1, -0.05) is 61.5 Å². The number of nitrogens with one attached hydrogen (secondary N) is 1. The summed E-state index contributed by atoms with van der Waals surface area (Å²) < 4.78 is 1.01. The smallest absolute Gasteiger partial charge is 0.278 e. The van der Waals surface area contributed by atoms with Gasteiger partial charge in [-0.3, -0.25) is 9.59 Å². The summed E-state index contributed by atoms with van der Waals surface area (Å²) in [4.78, 5) is 37.4. The molecule has 0 spiro atoms. The molecular weight excluding hydrogens is 372 g/mol. The van der Waals surface area contributed by atoms with E-state index in [0.29, 0.717) is 10.9 Å². The first kappa shape index (κ1) is 20.2. The average Bonchev–Trinajstić information content (AvgIpc) is 2.71. The second kappa shape index (κ2) is 8.64. The monoisotopic (exact) mass is 393 g/mol. The summed E-state index contributed by atoms with van der Waals surface area (Å²) in [7, 11) is 0. The molecule has 1 aromatic heterocycles. The van der Waals surface area contributed by atoms with E-state index >= 15 is 0 Å². The third-order valence-electron chi connectivity index (χ3n) is 4.68. The average molecular weight is 393 g/mol. The van der Waals surface area contributed by atoms with E-state index in [2.05, 4.69) is 15.6 Å². The first-order valence-electron chi connectivity index (χ1n) is 9.28. The van der Waals surface area contributed by atoms with Crippen LogP contribution in [0, 0.1) is 5.92 Å². The number of aromatic nitrogens is 3. The van der Waals surface area contributed by atoms with Crippen LogP contribution in [0.2, 0.25) is 0 Å². The van der Waals surface area contributed by atoms with E-state index in [9.17, 15) is 19.5 Å². The molecule has 0 bridgehead atoms. The van der Waals surface area contributed by atoms with E-state index in [4.69, 9.17) is 0 Å². The van der Waals surface area contributed by atoms with Crippen LogP contribution in [0.3, 0.4) is 0 Å². The van der Waals surface area contributed by atoms with Crippen LogP contribution in [0.25, 0.3) is 10.9 Å². The van der Waals surface area contributed by atoms with Gasteiger partial charge in [-0.15, -0.1) is 5.10 Å². The van der Waals surface area contributed by atoms with Crippen molar-refractivity contribution in [3.63, 3.8) is 0 Å². The Balaban J connectivity index is 2.04. The van der Waals surface area contributed by atoms with E-state index in [1.165, 1.54) is 0 Å². The second-order valence-corrected chi connectivity index (χ2v) is 7.11. The first-order valence-corrected chi connectivity index (χ1v) is 9.28. The number of carbonyl (C=O) groups excluding carboxylic acids is 2. The highest BCUT2D eigenvalue weighted by Gasteiger charge is 2.28. The van der Waals surface area contributed by atoms with Crippen molar-refractivity contribution in [3.05, 3.63) is 70.5 Å². The molecule has 8 heteroatoms. The molecule has 0 unspecified atom stereocenters. The summed E-state index contributed by atoms with van der Waals surface area (Å²) >= 11 is 0. The molecule has 0 saturated carbocycles. The summed E-state index contributed by atoms with van der Waals surface area (Å²) in [6, 6.07) is 13.6. The molecule has 2 aromatic carbocycles. The minimum atomic E-state index is -1.39. The van der Waals surface area contributed by atoms with Crippen LogP contribution in [0.15, 0.2) is 59.4 Å². The molecule has 0 radical (unpaired) electrons. The summed E-state index contributed by atoms with van der Waals surface area (Å²) in [5.74, 6) is -2.41. The maximum atomic E-state index is 13.0. The van der Waals surface area contributed by atoms with Gasteiger partial charge >= 0.3 is 0 Å². The number of carboxylic acid groups (broad SMARTS) is 1. The fraction of sp³-hybridized carbons (Fsp3) is 0.286. The Kier molecular flexibility index (Phi) is 6.01. The van der Waals surface area contributed by atoms with Crippen molar-refractivity contribution in [1.82, 2.24) is 20.3 Å². The Hall–Kier alpha value is -3.55. The molecule has 0 aliphatic carbocycles. The third kappa shape index (κ3) is 4.48. The van der Waals surface area contributed by atoms with Crippen LogP contribution < -0.4 is 16.0 Å². The van der Waals surface area contributed by atoms with Crippen LogP contribution >= 0.6 is 0 Å². The number of amides is 1. The summed E-state index contributed by atoms with van der Waals surface area (Å²) in [5, 5.41) is 22.2. The lowest BCUT2D eigenvalue weighted by atomic mass is 10.0. The highest BCUT2D eigenvalue weighted by Crippen LogP contribution is 2.15. The van der Waals surface area contributed by atoms with Gasteiger partial charge in [0.1, 0.15) is 11.6 Å². The Morgan fingerprint density at radius 1 is 1.07 bits per heavy atom. The molecule has 8 nitrogen and oxygen atoms in total. The predicted molar refractivity (Wildman–Crippen MR) is 105 cm³/mol. The molecule has 0 aliphatic heterocycles. The molecule has 3 aromatic rings. The number of benzene rings is 2.